The van der Waals surface area contributed by atoms with E-state index in [4.69, 9.17) is 4.74 Å². The van der Waals surface area contributed by atoms with Gasteiger partial charge in [-0.3, -0.25) is 0 Å². The average Bonchev–Trinajstić information content (AvgIpc) is 2.56. The highest BCUT2D eigenvalue weighted by atomic mass is 16.5. The fourth-order valence-electron chi connectivity index (χ4n) is 3.80. The molecule has 3 heteroatoms. The molecule has 3 nitrogen and oxygen atoms in total. The number of piperidine rings is 1. The van der Waals surface area contributed by atoms with Crippen LogP contribution in [-0.2, 0) is 4.74 Å². The summed E-state index contributed by atoms with van der Waals surface area (Å²) in [7, 11) is 0. The summed E-state index contributed by atoms with van der Waals surface area (Å²) in [4.78, 5) is 0. The fourth-order valence-corrected chi connectivity index (χ4v) is 3.80. The second-order valence-electron chi connectivity index (χ2n) is 7.55. The minimum absolute atomic E-state index is 0.225. The third kappa shape index (κ3) is 3.94. The van der Waals surface area contributed by atoms with Crippen LogP contribution in [0.2, 0.25) is 0 Å². The number of ether oxygens (including phenoxy) is 1. The van der Waals surface area contributed by atoms with Crippen LogP contribution in [0.5, 0.6) is 0 Å². The first-order chi connectivity index (χ1) is 8.26. The van der Waals surface area contributed by atoms with E-state index in [0.29, 0.717) is 18.2 Å². The van der Waals surface area contributed by atoms with Gasteiger partial charge in [0, 0.05) is 23.7 Å². The van der Waals surface area contributed by atoms with Crippen LogP contribution < -0.4 is 10.6 Å². The van der Waals surface area contributed by atoms with E-state index in [1.165, 1.54) is 25.7 Å². The Hall–Kier alpha value is -0.120. The van der Waals surface area contributed by atoms with Gasteiger partial charge in [0.2, 0.25) is 0 Å². The number of hydrogen-bond acceptors (Lipinski definition) is 3. The van der Waals surface area contributed by atoms with E-state index in [1.54, 1.807) is 0 Å². The summed E-state index contributed by atoms with van der Waals surface area (Å²) in [5.41, 5.74) is 0.451. The Morgan fingerprint density at radius 3 is 2.22 bits per heavy atom. The molecule has 0 aromatic carbocycles. The molecule has 0 amide bonds. The molecule has 106 valence electrons. The molecule has 0 spiro atoms. The summed E-state index contributed by atoms with van der Waals surface area (Å²) in [6, 6.07) is 0.607. The molecule has 2 heterocycles. The first-order valence-electron chi connectivity index (χ1n) is 7.44. The van der Waals surface area contributed by atoms with E-state index in [0.717, 1.165) is 6.54 Å². The van der Waals surface area contributed by atoms with Gasteiger partial charge in [-0.05, 0) is 60.3 Å². The standard InChI is InChI=1S/C15H30N2O/c1-11-6-7-13(18-11)10-16-12-8-14(2,3)17-15(4,5)9-12/h11-13,16-17H,6-10H2,1-5H3. The number of hydrogen-bond donors (Lipinski definition) is 2. The Labute approximate surface area is 112 Å². The summed E-state index contributed by atoms with van der Waals surface area (Å²) in [6.07, 6.45) is 5.71. The maximum absolute atomic E-state index is 5.88. The Bertz CT molecular complexity index is 272. The second kappa shape index (κ2) is 5.10. The fraction of sp³-hybridized carbons (Fsp3) is 1.00. The van der Waals surface area contributed by atoms with Crippen LogP contribution in [0.4, 0.5) is 0 Å². The van der Waals surface area contributed by atoms with Crippen molar-refractivity contribution in [2.45, 2.75) is 89.6 Å². The van der Waals surface area contributed by atoms with Crippen LogP contribution in [0.15, 0.2) is 0 Å². The molecule has 0 radical (unpaired) electrons. The zero-order valence-electron chi connectivity index (χ0n) is 12.7. The highest BCUT2D eigenvalue weighted by Crippen LogP contribution is 2.28. The van der Waals surface area contributed by atoms with E-state index in [1.807, 2.05) is 0 Å². The highest BCUT2D eigenvalue weighted by Gasteiger charge is 2.37. The van der Waals surface area contributed by atoms with Crippen LogP contribution in [0.1, 0.15) is 60.3 Å². The van der Waals surface area contributed by atoms with Gasteiger partial charge in [0.05, 0.1) is 12.2 Å². The molecule has 18 heavy (non-hydrogen) atoms. The van der Waals surface area contributed by atoms with Crippen molar-refractivity contribution in [3.8, 4) is 0 Å². The lowest BCUT2D eigenvalue weighted by atomic mass is 9.79. The summed E-state index contributed by atoms with van der Waals surface area (Å²) in [6.45, 7) is 12.4. The SMILES string of the molecule is CC1CCC(CNC2CC(C)(C)NC(C)(C)C2)O1. The molecule has 2 aliphatic heterocycles. The van der Waals surface area contributed by atoms with Crippen molar-refractivity contribution in [3.63, 3.8) is 0 Å². The first kappa shape index (κ1) is 14.3. The number of rotatable bonds is 3. The third-order valence-corrected chi connectivity index (χ3v) is 4.14. The molecular formula is C15H30N2O. The van der Waals surface area contributed by atoms with Crippen molar-refractivity contribution < 1.29 is 4.74 Å². The highest BCUT2D eigenvalue weighted by molar-refractivity contribution is 4.99. The Balaban J connectivity index is 1.82. The molecule has 0 saturated carbocycles. The molecular weight excluding hydrogens is 224 g/mol. The molecule has 0 aromatic rings. The minimum Gasteiger partial charge on any atom is -0.374 e. The smallest absolute Gasteiger partial charge is 0.0704 e. The molecule has 2 rings (SSSR count). The average molecular weight is 254 g/mol. The van der Waals surface area contributed by atoms with Crippen LogP contribution in [0, 0.1) is 0 Å². The molecule has 0 aliphatic carbocycles. The molecule has 2 aliphatic rings. The van der Waals surface area contributed by atoms with Gasteiger partial charge in [0.1, 0.15) is 0 Å². The van der Waals surface area contributed by atoms with Gasteiger partial charge < -0.3 is 15.4 Å². The van der Waals surface area contributed by atoms with Crippen molar-refractivity contribution in [2.75, 3.05) is 6.54 Å². The summed E-state index contributed by atoms with van der Waals surface area (Å²) < 4.78 is 5.88. The Kier molecular flexibility index (Phi) is 4.05. The van der Waals surface area contributed by atoms with Crippen LogP contribution in [-0.4, -0.2) is 35.9 Å². The second-order valence-corrected chi connectivity index (χ2v) is 7.55. The molecule has 2 unspecified atom stereocenters. The largest absolute Gasteiger partial charge is 0.374 e. The predicted octanol–water partition coefficient (Wildman–Crippen LogP) is 2.45. The van der Waals surface area contributed by atoms with Crippen molar-refractivity contribution in [2.24, 2.45) is 0 Å². The quantitative estimate of drug-likeness (QED) is 0.811. The lowest BCUT2D eigenvalue weighted by molar-refractivity contribution is 0.0494. The predicted molar refractivity (Wildman–Crippen MR) is 75.9 cm³/mol. The van der Waals surface area contributed by atoms with Crippen molar-refractivity contribution in [1.29, 1.82) is 0 Å². The Morgan fingerprint density at radius 1 is 1.11 bits per heavy atom. The van der Waals surface area contributed by atoms with E-state index < -0.39 is 0 Å². The van der Waals surface area contributed by atoms with Gasteiger partial charge in [-0.2, -0.15) is 0 Å². The maximum atomic E-state index is 5.88. The monoisotopic (exact) mass is 254 g/mol. The Morgan fingerprint density at radius 2 is 1.72 bits per heavy atom. The van der Waals surface area contributed by atoms with Crippen LogP contribution in [0.25, 0.3) is 0 Å². The lowest BCUT2D eigenvalue weighted by Crippen LogP contribution is -2.62. The van der Waals surface area contributed by atoms with E-state index in [-0.39, 0.29) is 11.1 Å². The molecule has 0 aromatic heterocycles. The van der Waals surface area contributed by atoms with E-state index >= 15 is 0 Å². The molecule has 2 N–H and O–H groups in total. The molecule has 2 atom stereocenters. The zero-order valence-corrected chi connectivity index (χ0v) is 12.7. The van der Waals surface area contributed by atoms with Crippen molar-refractivity contribution in [1.82, 2.24) is 10.6 Å². The van der Waals surface area contributed by atoms with E-state index in [9.17, 15) is 0 Å². The van der Waals surface area contributed by atoms with Gasteiger partial charge in [-0.25, -0.2) is 0 Å². The zero-order chi connectivity index (χ0) is 13.4. The topological polar surface area (TPSA) is 33.3 Å². The van der Waals surface area contributed by atoms with Gasteiger partial charge in [0.15, 0.2) is 0 Å². The van der Waals surface area contributed by atoms with Gasteiger partial charge in [0.25, 0.3) is 0 Å². The van der Waals surface area contributed by atoms with Crippen molar-refractivity contribution in [3.05, 3.63) is 0 Å². The van der Waals surface area contributed by atoms with Gasteiger partial charge in [-0.15, -0.1) is 0 Å². The summed E-state index contributed by atoms with van der Waals surface area (Å²) in [5.74, 6) is 0. The molecule has 2 fully saturated rings. The van der Waals surface area contributed by atoms with E-state index in [2.05, 4.69) is 45.3 Å². The number of nitrogens with one attached hydrogen (secondary N) is 2. The normalized spacial score (nSPS) is 35.8. The van der Waals surface area contributed by atoms with Crippen molar-refractivity contribution >= 4 is 0 Å². The summed E-state index contributed by atoms with van der Waals surface area (Å²) in [5, 5.41) is 7.46. The first-order valence-corrected chi connectivity index (χ1v) is 7.44. The summed E-state index contributed by atoms with van der Waals surface area (Å²) >= 11 is 0. The third-order valence-electron chi connectivity index (χ3n) is 4.14. The molecule has 0 bridgehead atoms. The maximum Gasteiger partial charge on any atom is 0.0704 e. The molecule has 2 saturated heterocycles. The van der Waals surface area contributed by atoms with Gasteiger partial charge in [-0.1, -0.05) is 0 Å². The lowest BCUT2D eigenvalue weighted by Gasteiger charge is -2.47. The van der Waals surface area contributed by atoms with Crippen LogP contribution in [0.3, 0.4) is 0 Å². The van der Waals surface area contributed by atoms with Gasteiger partial charge >= 0.3 is 0 Å². The van der Waals surface area contributed by atoms with Crippen LogP contribution >= 0.6 is 0 Å². The minimum atomic E-state index is 0.225.